The number of carbonyl (C=O) groups excluding carboxylic acids is 1. The summed E-state index contributed by atoms with van der Waals surface area (Å²) in [5, 5.41) is 0.759. The minimum Gasteiger partial charge on any atom is -0.342 e. The molecule has 0 spiro atoms. The van der Waals surface area contributed by atoms with Crippen molar-refractivity contribution < 1.29 is 4.79 Å². The van der Waals surface area contributed by atoms with Crippen molar-refractivity contribution in [1.29, 1.82) is 0 Å². The van der Waals surface area contributed by atoms with Crippen LogP contribution in [0, 0.1) is 5.92 Å². The first-order valence-electron chi connectivity index (χ1n) is 10.2. The number of piperidine rings is 1. The lowest BCUT2D eigenvalue weighted by molar-refractivity contribution is -0.136. The number of amides is 1. The van der Waals surface area contributed by atoms with Gasteiger partial charge in [-0.2, -0.15) is 0 Å². The maximum Gasteiger partial charge on any atom is 0.225 e. The lowest BCUT2D eigenvalue weighted by Gasteiger charge is -2.34. The Morgan fingerprint density at radius 1 is 1.04 bits per heavy atom. The van der Waals surface area contributed by atoms with Crippen LogP contribution in [0.25, 0.3) is 0 Å². The van der Waals surface area contributed by atoms with Gasteiger partial charge in [0, 0.05) is 47.8 Å². The van der Waals surface area contributed by atoms with Gasteiger partial charge in [0.2, 0.25) is 5.91 Å². The monoisotopic (exact) mass is 382 g/mol. The summed E-state index contributed by atoms with van der Waals surface area (Å²) in [5.74, 6) is 1.01. The number of halogens is 1. The van der Waals surface area contributed by atoms with Crippen LogP contribution >= 0.6 is 11.6 Å². The molecule has 3 nitrogen and oxygen atoms in total. The van der Waals surface area contributed by atoms with Crippen LogP contribution in [0.15, 0.2) is 42.5 Å². The molecule has 0 radical (unpaired) electrons. The molecule has 2 fully saturated rings. The van der Waals surface area contributed by atoms with E-state index in [1.165, 1.54) is 18.4 Å². The van der Waals surface area contributed by atoms with Crippen LogP contribution in [0.1, 0.15) is 61.4 Å². The molecule has 1 saturated carbocycles. The highest BCUT2D eigenvalue weighted by molar-refractivity contribution is 6.30. The molecular weight excluding hydrogens is 356 g/mol. The van der Waals surface area contributed by atoms with E-state index in [1.54, 1.807) is 0 Å². The van der Waals surface area contributed by atoms with Crippen molar-refractivity contribution in [2.75, 3.05) is 13.1 Å². The number of carbonyl (C=O) groups is 1. The summed E-state index contributed by atoms with van der Waals surface area (Å²) in [7, 11) is 0. The molecule has 0 N–H and O–H groups in total. The number of rotatable bonds is 4. The molecule has 1 aromatic carbocycles. The quantitative estimate of drug-likeness (QED) is 0.726. The van der Waals surface area contributed by atoms with Crippen molar-refractivity contribution >= 4 is 17.5 Å². The summed E-state index contributed by atoms with van der Waals surface area (Å²) in [4.78, 5) is 19.9. The van der Waals surface area contributed by atoms with E-state index in [0.29, 0.717) is 11.8 Å². The fraction of sp³-hybridized carbons (Fsp3) is 0.478. The summed E-state index contributed by atoms with van der Waals surface area (Å²) in [5.41, 5.74) is 3.42. The van der Waals surface area contributed by atoms with Crippen LogP contribution in [0.4, 0.5) is 0 Å². The molecule has 1 aliphatic heterocycles. The van der Waals surface area contributed by atoms with Gasteiger partial charge in [-0.1, -0.05) is 42.6 Å². The zero-order chi connectivity index (χ0) is 18.6. The van der Waals surface area contributed by atoms with Gasteiger partial charge < -0.3 is 4.90 Å². The Hall–Kier alpha value is -1.87. The van der Waals surface area contributed by atoms with E-state index in [4.69, 9.17) is 16.6 Å². The van der Waals surface area contributed by atoms with E-state index < -0.39 is 0 Å². The highest BCUT2D eigenvalue weighted by Crippen LogP contribution is 2.31. The van der Waals surface area contributed by atoms with Crippen molar-refractivity contribution in [2.24, 2.45) is 5.92 Å². The Kier molecular flexibility index (Phi) is 5.77. The van der Waals surface area contributed by atoms with Crippen molar-refractivity contribution in [3.05, 3.63) is 64.4 Å². The minimum atomic E-state index is 0.271. The molecular formula is C23H27ClN2O. The van der Waals surface area contributed by atoms with Crippen molar-refractivity contribution in [1.82, 2.24) is 9.88 Å². The van der Waals surface area contributed by atoms with E-state index in [2.05, 4.69) is 35.2 Å². The molecule has 1 unspecified atom stereocenters. The third-order valence-electron chi connectivity index (χ3n) is 5.98. The molecule has 2 heterocycles. The predicted molar refractivity (Wildman–Crippen MR) is 109 cm³/mol. The lowest BCUT2D eigenvalue weighted by Crippen LogP contribution is -2.42. The van der Waals surface area contributed by atoms with Gasteiger partial charge in [0.05, 0.1) is 0 Å². The molecule has 1 aliphatic carbocycles. The third kappa shape index (κ3) is 4.52. The van der Waals surface area contributed by atoms with Gasteiger partial charge in [0.15, 0.2) is 0 Å². The van der Waals surface area contributed by atoms with Crippen LogP contribution < -0.4 is 0 Å². The SMILES string of the molecule is O=C(C1CCCC1)N1CCCC(c2cccc(Cc3ccc(Cl)cc3)n2)C1. The van der Waals surface area contributed by atoms with Crippen molar-refractivity contribution in [3.63, 3.8) is 0 Å². The van der Waals surface area contributed by atoms with Crippen LogP contribution in [0.3, 0.4) is 0 Å². The molecule has 1 amide bonds. The molecule has 142 valence electrons. The largest absolute Gasteiger partial charge is 0.342 e. The Labute approximate surface area is 166 Å². The number of hydrogen-bond acceptors (Lipinski definition) is 2. The van der Waals surface area contributed by atoms with Crippen molar-refractivity contribution in [2.45, 2.75) is 50.9 Å². The van der Waals surface area contributed by atoms with E-state index >= 15 is 0 Å². The Bertz CT molecular complexity index is 783. The first-order valence-corrected chi connectivity index (χ1v) is 10.6. The first kappa shape index (κ1) is 18.5. The maximum absolute atomic E-state index is 12.8. The summed E-state index contributed by atoms with van der Waals surface area (Å²) in [6.07, 6.45) is 7.58. The molecule has 2 aromatic rings. The molecule has 2 aliphatic rings. The minimum absolute atomic E-state index is 0.271. The number of nitrogens with zero attached hydrogens (tertiary/aromatic N) is 2. The number of pyridine rings is 1. The summed E-state index contributed by atoms with van der Waals surface area (Å²) < 4.78 is 0. The Balaban J connectivity index is 1.44. The number of benzene rings is 1. The molecule has 1 saturated heterocycles. The van der Waals surface area contributed by atoms with Crippen LogP contribution in [0.2, 0.25) is 5.02 Å². The second-order valence-corrected chi connectivity index (χ2v) is 8.40. The number of likely N-dealkylation sites (tertiary alicyclic amines) is 1. The fourth-order valence-electron chi connectivity index (χ4n) is 4.49. The predicted octanol–water partition coefficient (Wildman–Crippen LogP) is 5.22. The normalized spacial score (nSPS) is 20.8. The standard InChI is InChI=1S/C23H27ClN2O/c24-20-12-10-17(11-13-20)15-21-8-3-9-22(25-21)19-7-4-14-26(16-19)23(27)18-5-1-2-6-18/h3,8-13,18-19H,1-2,4-7,14-16H2. The second-order valence-electron chi connectivity index (χ2n) is 7.96. The van der Waals surface area contributed by atoms with E-state index in [1.807, 2.05) is 12.1 Å². The average Bonchev–Trinajstić information content (AvgIpc) is 3.24. The number of aromatic nitrogens is 1. The molecule has 0 bridgehead atoms. The molecule has 27 heavy (non-hydrogen) atoms. The van der Waals surface area contributed by atoms with Gasteiger partial charge in [0.25, 0.3) is 0 Å². The average molecular weight is 383 g/mol. The zero-order valence-electron chi connectivity index (χ0n) is 15.7. The van der Waals surface area contributed by atoms with Crippen LogP contribution in [-0.2, 0) is 11.2 Å². The van der Waals surface area contributed by atoms with E-state index in [0.717, 1.165) is 61.6 Å². The first-order chi connectivity index (χ1) is 13.2. The second kappa shape index (κ2) is 8.43. The lowest BCUT2D eigenvalue weighted by atomic mass is 9.92. The van der Waals surface area contributed by atoms with Gasteiger partial charge in [-0.25, -0.2) is 0 Å². The topological polar surface area (TPSA) is 33.2 Å². The molecule has 1 atom stereocenters. The zero-order valence-corrected chi connectivity index (χ0v) is 16.5. The van der Waals surface area contributed by atoms with Crippen LogP contribution in [-0.4, -0.2) is 28.9 Å². The molecule has 4 heteroatoms. The van der Waals surface area contributed by atoms with Gasteiger partial charge >= 0.3 is 0 Å². The Morgan fingerprint density at radius 3 is 2.59 bits per heavy atom. The van der Waals surface area contributed by atoms with Gasteiger partial charge in [0.1, 0.15) is 0 Å². The summed E-state index contributed by atoms with van der Waals surface area (Å²) >= 11 is 5.98. The van der Waals surface area contributed by atoms with E-state index in [9.17, 15) is 4.79 Å². The highest BCUT2D eigenvalue weighted by Gasteiger charge is 2.31. The van der Waals surface area contributed by atoms with E-state index in [-0.39, 0.29) is 5.92 Å². The Morgan fingerprint density at radius 2 is 1.81 bits per heavy atom. The van der Waals surface area contributed by atoms with Gasteiger partial charge in [-0.3, -0.25) is 9.78 Å². The van der Waals surface area contributed by atoms with Gasteiger partial charge in [-0.15, -0.1) is 0 Å². The highest BCUT2D eigenvalue weighted by atomic mass is 35.5. The summed E-state index contributed by atoms with van der Waals surface area (Å²) in [6.45, 7) is 1.74. The van der Waals surface area contributed by atoms with Gasteiger partial charge in [-0.05, 0) is 55.5 Å². The van der Waals surface area contributed by atoms with Crippen molar-refractivity contribution in [3.8, 4) is 0 Å². The number of hydrogen-bond donors (Lipinski definition) is 0. The van der Waals surface area contributed by atoms with Crippen LogP contribution in [0.5, 0.6) is 0 Å². The third-order valence-corrected chi connectivity index (χ3v) is 6.23. The fourth-order valence-corrected chi connectivity index (χ4v) is 4.61. The maximum atomic E-state index is 12.8. The smallest absolute Gasteiger partial charge is 0.225 e. The molecule has 1 aromatic heterocycles. The molecule has 4 rings (SSSR count). The summed E-state index contributed by atoms with van der Waals surface area (Å²) in [6, 6.07) is 14.3.